The van der Waals surface area contributed by atoms with Gasteiger partial charge in [0.25, 0.3) is 0 Å². The Morgan fingerprint density at radius 1 is 1.29 bits per heavy atom. The van der Waals surface area contributed by atoms with Crippen LogP contribution in [-0.2, 0) is 6.42 Å². The molecule has 2 aromatic rings. The minimum Gasteiger partial charge on any atom is -0.396 e. The number of rotatable bonds is 2. The van der Waals surface area contributed by atoms with E-state index in [9.17, 15) is 0 Å². The number of hydrogen-bond donors (Lipinski definition) is 2. The first kappa shape index (κ1) is 9.28. The number of aryl methyl sites for hydroxylation is 2. The largest absolute Gasteiger partial charge is 0.396 e. The molecule has 0 amide bonds. The predicted molar refractivity (Wildman–Crippen MR) is 58.6 cm³/mol. The Morgan fingerprint density at radius 2 is 2.07 bits per heavy atom. The second-order valence-corrected chi connectivity index (χ2v) is 3.75. The van der Waals surface area contributed by atoms with Gasteiger partial charge in [0.2, 0.25) is 0 Å². The highest BCUT2D eigenvalue weighted by molar-refractivity contribution is 5.85. The molecular weight excluding hydrogens is 174 g/mol. The fraction of sp³-hybridized carbons (Fsp3) is 0.333. The Bertz CT molecular complexity index is 457. The first-order valence-electron chi connectivity index (χ1n) is 4.91. The van der Waals surface area contributed by atoms with Crippen LogP contribution in [0.25, 0.3) is 10.9 Å². The summed E-state index contributed by atoms with van der Waals surface area (Å²) < 4.78 is 0. The first-order chi connectivity index (χ1) is 6.72. The Morgan fingerprint density at radius 3 is 2.79 bits per heavy atom. The summed E-state index contributed by atoms with van der Waals surface area (Å²) in [5.74, 6) is 0. The van der Waals surface area contributed by atoms with Crippen molar-refractivity contribution in [2.45, 2.75) is 20.3 Å². The van der Waals surface area contributed by atoms with Gasteiger partial charge < -0.3 is 10.1 Å². The molecule has 1 aromatic carbocycles. The van der Waals surface area contributed by atoms with Crippen molar-refractivity contribution in [3.05, 3.63) is 35.0 Å². The van der Waals surface area contributed by atoms with Gasteiger partial charge in [0.05, 0.1) is 0 Å². The van der Waals surface area contributed by atoms with Gasteiger partial charge in [-0.15, -0.1) is 0 Å². The van der Waals surface area contributed by atoms with Crippen molar-refractivity contribution < 1.29 is 5.11 Å². The van der Waals surface area contributed by atoms with Crippen molar-refractivity contribution >= 4 is 10.9 Å². The number of aromatic amines is 1. The Balaban J connectivity index is 2.64. The van der Waals surface area contributed by atoms with Crippen LogP contribution >= 0.6 is 0 Å². The van der Waals surface area contributed by atoms with Crippen molar-refractivity contribution in [1.82, 2.24) is 4.98 Å². The van der Waals surface area contributed by atoms with E-state index in [0.29, 0.717) is 0 Å². The maximum atomic E-state index is 8.96. The van der Waals surface area contributed by atoms with Gasteiger partial charge in [-0.1, -0.05) is 12.1 Å². The second-order valence-electron chi connectivity index (χ2n) is 3.75. The van der Waals surface area contributed by atoms with E-state index in [1.54, 1.807) is 0 Å². The number of aliphatic hydroxyl groups is 1. The molecular formula is C12H15NO. The van der Waals surface area contributed by atoms with E-state index in [1.807, 2.05) is 0 Å². The number of hydrogen-bond acceptors (Lipinski definition) is 1. The van der Waals surface area contributed by atoms with Crippen LogP contribution in [0.15, 0.2) is 18.2 Å². The highest BCUT2D eigenvalue weighted by Gasteiger charge is 2.06. The van der Waals surface area contributed by atoms with Crippen molar-refractivity contribution in [2.75, 3.05) is 6.61 Å². The van der Waals surface area contributed by atoms with Gasteiger partial charge in [-0.2, -0.15) is 0 Å². The van der Waals surface area contributed by atoms with E-state index in [2.05, 4.69) is 37.0 Å². The van der Waals surface area contributed by atoms with Gasteiger partial charge in [0.1, 0.15) is 0 Å². The summed E-state index contributed by atoms with van der Waals surface area (Å²) in [5, 5.41) is 10.2. The molecule has 2 nitrogen and oxygen atoms in total. The second kappa shape index (κ2) is 3.46. The SMILES string of the molecule is Cc1ccc2c(CCO)c(C)[nH]c2c1. The molecule has 0 aliphatic rings. The highest BCUT2D eigenvalue weighted by Crippen LogP contribution is 2.23. The molecule has 0 fully saturated rings. The number of H-pyrrole nitrogens is 1. The van der Waals surface area contributed by atoms with Crippen molar-refractivity contribution in [3.63, 3.8) is 0 Å². The average Bonchev–Trinajstić information content (AvgIpc) is 2.43. The zero-order valence-electron chi connectivity index (χ0n) is 8.59. The van der Waals surface area contributed by atoms with Crippen LogP contribution < -0.4 is 0 Å². The molecule has 0 spiro atoms. The number of fused-ring (bicyclic) bond motifs is 1. The summed E-state index contributed by atoms with van der Waals surface area (Å²) in [6.45, 7) is 4.35. The minimum absolute atomic E-state index is 0.210. The molecule has 1 aromatic heterocycles. The molecule has 0 saturated heterocycles. The van der Waals surface area contributed by atoms with Gasteiger partial charge in [-0.25, -0.2) is 0 Å². The molecule has 1 heterocycles. The van der Waals surface area contributed by atoms with Crippen LogP contribution in [0.5, 0.6) is 0 Å². The van der Waals surface area contributed by atoms with Crippen LogP contribution in [0, 0.1) is 13.8 Å². The van der Waals surface area contributed by atoms with Crippen LogP contribution in [0.4, 0.5) is 0 Å². The van der Waals surface area contributed by atoms with E-state index < -0.39 is 0 Å². The fourth-order valence-corrected chi connectivity index (χ4v) is 1.94. The average molecular weight is 189 g/mol. The number of nitrogens with one attached hydrogen (secondary N) is 1. The molecule has 0 unspecified atom stereocenters. The summed E-state index contributed by atoms with van der Waals surface area (Å²) in [4.78, 5) is 3.34. The minimum atomic E-state index is 0.210. The van der Waals surface area contributed by atoms with Crippen molar-refractivity contribution in [1.29, 1.82) is 0 Å². The molecule has 0 radical (unpaired) electrons. The molecule has 0 atom stereocenters. The third-order valence-corrected chi connectivity index (χ3v) is 2.64. The maximum Gasteiger partial charge on any atom is 0.0472 e. The molecule has 14 heavy (non-hydrogen) atoms. The first-order valence-corrected chi connectivity index (χ1v) is 4.91. The zero-order chi connectivity index (χ0) is 10.1. The number of aliphatic hydroxyl groups excluding tert-OH is 1. The lowest BCUT2D eigenvalue weighted by Gasteiger charge is -1.97. The molecule has 2 heteroatoms. The van der Waals surface area contributed by atoms with Crippen molar-refractivity contribution in [3.8, 4) is 0 Å². The van der Waals surface area contributed by atoms with E-state index in [1.165, 1.54) is 27.7 Å². The smallest absolute Gasteiger partial charge is 0.0472 e. The van der Waals surface area contributed by atoms with E-state index in [4.69, 9.17) is 5.11 Å². The normalized spacial score (nSPS) is 11.1. The maximum absolute atomic E-state index is 8.96. The summed E-state index contributed by atoms with van der Waals surface area (Å²) in [6.07, 6.45) is 0.731. The van der Waals surface area contributed by atoms with E-state index in [0.717, 1.165) is 6.42 Å². The van der Waals surface area contributed by atoms with Crippen LogP contribution in [0.1, 0.15) is 16.8 Å². The third-order valence-electron chi connectivity index (χ3n) is 2.64. The topological polar surface area (TPSA) is 36.0 Å². The van der Waals surface area contributed by atoms with Gasteiger partial charge >= 0.3 is 0 Å². The van der Waals surface area contributed by atoms with Crippen LogP contribution in [0.3, 0.4) is 0 Å². The Labute approximate surface area is 83.6 Å². The summed E-state index contributed by atoms with van der Waals surface area (Å²) in [7, 11) is 0. The lowest BCUT2D eigenvalue weighted by atomic mass is 10.1. The van der Waals surface area contributed by atoms with Gasteiger partial charge in [-0.05, 0) is 37.5 Å². The highest BCUT2D eigenvalue weighted by atomic mass is 16.2. The lowest BCUT2D eigenvalue weighted by molar-refractivity contribution is 0.300. The van der Waals surface area contributed by atoms with Gasteiger partial charge in [-0.3, -0.25) is 0 Å². The Kier molecular flexibility index (Phi) is 2.30. The molecule has 2 rings (SSSR count). The van der Waals surface area contributed by atoms with Crippen LogP contribution in [0.2, 0.25) is 0 Å². The van der Waals surface area contributed by atoms with Crippen LogP contribution in [-0.4, -0.2) is 16.7 Å². The zero-order valence-corrected chi connectivity index (χ0v) is 8.59. The summed E-state index contributed by atoms with van der Waals surface area (Å²) in [6, 6.07) is 6.37. The third kappa shape index (κ3) is 1.42. The van der Waals surface area contributed by atoms with Crippen molar-refractivity contribution in [2.24, 2.45) is 0 Å². The quantitative estimate of drug-likeness (QED) is 0.747. The van der Waals surface area contributed by atoms with E-state index >= 15 is 0 Å². The monoisotopic (exact) mass is 189 g/mol. The molecule has 0 bridgehead atoms. The molecule has 74 valence electrons. The molecule has 0 aliphatic carbocycles. The van der Waals surface area contributed by atoms with Gasteiger partial charge in [0.15, 0.2) is 0 Å². The molecule has 2 N–H and O–H groups in total. The van der Waals surface area contributed by atoms with E-state index in [-0.39, 0.29) is 6.61 Å². The summed E-state index contributed by atoms with van der Waals surface area (Å²) in [5.41, 5.74) is 4.84. The molecule has 0 aliphatic heterocycles. The Hall–Kier alpha value is -1.28. The number of benzene rings is 1. The summed E-state index contributed by atoms with van der Waals surface area (Å²) >= 11 is 0. The van der Waals surface area contributed by atoms with Gasteiger partial charge in [0, 0.05) is 23.2 Å². The molecule has 0 saturated carbocycles. The predicted octanol–water partition coefficient (Wildman–Crippen LogP) is 2.32. The number of aromatic nitrogens is 1. The standard InChI is InChI=1S/C12H15NO/c1-8-3-4-11-10(5-6-14)9(2)13-12(11)7-8/h3-4,7,13-14H,5-6H2,1-2H3. The fourth-order valence-electron chi connectivity index (χ4n) is 1.94. The lowest BCUT2D eigenvalue weighted by Crippen LogP contribution is -1.91.